The van der Waals surface area contributed by atoms with E-state index >= 15 is 0 Å². The lowest BCUT2D eigenvalue weighted by Gasteiger charge is -2.20. The largest absolute Gasteiger partial charge is 0.416 e. The van der Waals surface area contributed by atoms with E-state index in [1.807, 2.05) is 84.9 Å². The summed E-state index contributed by atoms with van der Waals surface area (Å²) in [6, 6.07) is 47.0. The van der Waals surface area contributed by atoms with Crippen LogP contribution in [0, 0.1) is 0 Å². The molecule has 0 aliphatic carbocycles. The summed E-state index contributed by atoms with van der Waals surface area (Å²) in [4.78, 5) is 0. The minimum atomic E-state index is -4.45. The highest BCUT2D eigenvalue weighted by Crippen LogP contribution is 2.42. The fourth-order valence-corrected chi connectivity index (χ4v) is 11.5. The Balaban J connectivity index is 0.000000191. The normalized spacial score (nSPS) is 12.5. The predicted molar refractivity (Wildman–Crippen MR) is 233 cm³/mol. The van der Waals surface area contributed by atoms with Gasteiger partial charge < -0.3 is 0 Å². The molecule has 0 heterocycles. The van der Waals surface area contributed by atoms with Crippen molar-refractivity contribution in [3.05, 3.63) is 215 Å². The van der Waals surface area contributed by atoms with Crippen molar-refractivity contribution < 1.29 is 52.7 Å². The van der Waals surface area contributed by atoms with Gasteiger partial charge >= 0.3 is 24.7 Å². The molecule has 0 fully saturated rings. The Labute approximate surface area is 362 Å². The van der Waals surface area contributed by atoms with Gasteiger partial charge in [-0.15, -0.1) is 0 Å². The highest BCUT2D eigenvalue weighted by molar-refractivity contribution is 7.72. The number of fused-ring (bicyclic) bond motifs is 2. The first-order valence-electron chi connectivity index (χ1n) is 19.4. The van der Waals surface area contributed by atoms with E-state index in [1.54, 1.807) is 0 Å². The molecule has 0 aromatic heterocycles. The van der Waals surface area contributed by atoms with Crippen LogP contribution in [0.15, 0.2) is 182 Å². The van der Waals surface area contributed by atoms with Gasteiger partial charge in [-0.3, -0.25) is 0 Å². The van der Waals surface area contributed by atoms with E-state index in [1.165, 1.54) is 48.5 Å². The molecular formula is C50H34F12P2. The maximum atomic E-state index is 13.0. The van der Waals surface area contributed by atoms with Crippen LogP contribution in [0.4, 0.5) is 52.7 Å². The van der Waals surface area contributed by atoms with Gasteiger partial charge in [-0.2, -0.15) is 52.7 Å². The minimum absolute atomic E-state index is 0.497. The lowest BCUT2D eigenvalue weighted by atomic mass is 10.1. The lowest BCUT2D eigenvalue weighted by molar-refractivity contribution is -0.138. The third-order valence-corrected chi connectivity index (χ3v) is 15.4. The standard InChI is InChI=1S/2C25H17F6P/c2*26-24(27,28)20-7-11-22(12-8-20)32(23-13-9-21(10-14-23)25(29,30)31)16-17-5-6-18-3-1-2-4-19(18)15-17/h2*1-15H,16H2. The maximum Gasteiger partial charge on any atom is 0.416 e. The molecule has 0 saturated heterocycles. The molecule has 0 atom stereocenters. The van der Waals surface area contributed by atoms with Gasteiger partial charge in [-0.1, -0.05) is 133 Å². The van der Waals surface area contributed by atoms with Gasteiger partial charge in [0.1, 0.15) is 0 Å². The van der Waals surface area contributed by atoms with Crippen LogP contribution in [0.25, 0.3) is 21.5 Å². The smallest absolute Gasteiger partial charge is 0.166 e. The number of benzene rings is 8. The fourth-order valence-electron chi connectivity index (χ4n) is 7.02. The summed E-state index contributed by atoms with van der Waals surface area (Å²) >= 11 is 0. The van der Waals surface area contributed by atoms with Gasteiger partial charge in [0.05, 0.1) is 22.3 Å². The molecule has 0 unspecified atom stereocenters. The third-order valence-electron chi connectivity index (χ3n) is 10.3. The van der Waals surface area contributed by atoms with E-state index in [0.717, 1.165) is 81.2 Å². The molecule has 8 rings (SSSR count). The highest BCUT2D eigenvalue weighted by Gasteiger charge is 2.33. The summed E-state index contributed by atoms with van der Waals surface area (Å²) in [6.45, 7) is 0. The van der Waals surface area contributed by atoms with Crippen molar-refractivity contribution in [2.45, 2.75) is 37.0 Å². The number of alkyl halides is 12. The Bertz CT molecular complexity index is 2500. The van der Waals surface area contributed by atoms with Gasteiger partial charge in [0.15, 0.2) is 0 Å². The van der Waals surface area contributed by atoms with Crippen LogP contribution >= 0.6 is 15.8 Å². The van der Waals surface area contributed by atoms with Crippen molar-refractivity contribution in [2.24, 2.45) is 0 Å². The number of hydrogen-bond acceptors (Lipinski definition) is 0. The minimum Gasteiger partial charge on any atom is -0.166 e. The second-order valence-electron chi connectivity index (χ2n) is 14.7. The molecule has 0 aliphatic heterocycles. The number of hydrogen-bond donors (Lipinski definition) is 0. The molecule has 0 aliphatic rings. The molecular weight excluding hydrogens is 890 g/mol. The van der Waals surface area contributed by atoms with Crippen molar-refractivity contribution in [1.82, 2.24) is 0 Å². The molecule has 0 nitrogen and oxygen atoms in total. The lowest BCUT2D eigenvalue weighted by Crippen LogP contribution is -2.16. The van der Waals surface area contributed by atoms with Crippen molar-refractivity contribution in [1.29, 1.82) is 0 Å². The van der Waals surface area contributed by atoms with Crippen molar-refractivity contribution in [3.63, 3.8) is 0 Å². The van der Waals surface area contributed by atoms with Crippen LogP contribution in [0.5, 0.6) is 0 Å². The molecule has 0 amide bonds. The summed E-state index contributed by atoms with van der Waals surface area (Å²) in [5, 5.41) is 6.84. The SMILES string of the molecule is FC(F)(F)c1ccc(P(Cc2ccc3ccccc3c2)c2ccc(C(F)(F)F)cc2)cc1.FC(F)(F)c1ccc(P(Cc2ccc3ccccc3c2)c2ccc(C(F)(F)F)cc2)cc1. The average molecular weight is 925 g/mol. The summed E-state index contributed by atoms with van der Waals surface area (Å²) in [7, 11) is -2.43. The highest BCUT2D eigenvalue weighted by atomic mass is 31.1. The second-order valence-corrected chi connectivity index (χ2v) is 19.1. The summed E-state index contributed by atoms with van der Waals surface area (Å²) in [5.74, 6) is 0. The van der Waals surface area contributed by atoms with Gasteiger partial charge in [-0.05, 0) is 118 Å². The Morgan fingerprint density at radius 2 is 0.500 bits per heavy atom. The van der Waals surface area contributed by atoms with Crippen LogP contribution in [0.1, 0.15) is 33.4 Å². The summed E-state index contributed by atoms with van der Waals surface area (Å²) < 4.78 is 156. The molecule has 8 aromatic carbocycles. The first-order valence-corrected chi connectivity index (χ1v) is 22.5. The van der Waals surface area contributed by atoms with E-state index in [4.69, 9.17) is 0 Å². The topological polar surface area (TPSA) is 0 Å². The zero-order valence-electron chi connectivity index (χ0n) is 33.2. The predicted octanol–water partition coefficient (Wildman–Crippen LogP) is 15.0. The molecule has 0 saturated carbocycles. The zero-order valence-corrected chi connectivity index (χ0v) is 35.0. The first kappa shape index (κ1) is 46.3. The molecule has 64 heavy (non-hydrogen) atoms. The molecule has 0 N–H and O–H groups in total. The van der Waals surface area contributed by atoms with E-state index in [2.05, 4.69) is 0 Å². The van der Waals surface area contributed by atoms with Crippen LogP contribution < -0.4 is 21.2 Å². The van der Waals surface area contributed by atoms with Gasteiger partial charge in [-0.25, -0.2) is 0 Å². The van der Waals surface area contributed by atoms with Crippen molar-refractivity contribution in [3.8, 4) is 0 Å². The number of halogens is 12. The van der Waals surface area contributed by atoms with Crippen LogP contribution in [0.2, 0.25) is 0 Å². The maximum absolute atomic E-state index is 13.0. The van der Waals surface area contributed by atoms with Gasteiger partial charge in [0.25, 0.3) is 0 Å². The molecule has 0 radical (unpaired) electrons. The Kier molecular flexibility index (Phi) is 13.6. The molecule has 0 spiro atoms. The van der Waals surface area contributed by atoms with Crippen LogP contribution in [0.3, 0.4) is 0 Å². The molecule has 0 bridgehead atoms. The van der Waals surface area contributed by atoms with E-state index < -0.39 is 62.8 Å². The van der Waals surface area contributed by atoms with Crippen LogP contribution in [-0.2, 0) is 37.0 Å². The Hall–Kier alpha value is -5.70. The van der Waals surface area contributed by atoms with E-state index in [9.17, 15) is 52.7 Å². The molecule has 328 valence electrons. The van der Waals surface area contributed by atoms with Gasteiger partial charge in [0.2, 0.25) is 0 Å². The third kappa shape index (κ3) is 11.5. The van der Waals surface area contributed by atoms with Crippen molar-refractivity contribution in [2.75, 3.05) is 0 Å². The Morgan fingerprint density at radius 1 is 0.266 bits per heavy atom. The zero-order chi connectivity index (χ0) is 45.9. The second kappa shape index (κ2) is 18.8. The van der Waals surface area contributed by atoms with Gasteiger partial charge in [0, 0.05) is 12.3 Å². The molecule has 14 heteroatoms. The fraction of sp³-hybridized carbons (Fsp3) is 0.120. The van der Waals surface area contributed by atoms with Crippen molar-refractivity contribution >= 4 is 58.6 Å². The monoisotopic (exact) mass is 924 g/mol. The van der Waals surface area contributed by atoms with E-state index in [-0.39, 0.29) is 0 Å². The summed E-state index contributed by atoms with van der Waals surface area (Å²) in [5.41, 5.74) is -1.09. The average Bonchev–Trinajstić information content (AvgIpc) is 3.26. The first-order chi connectivity index (χ1) is 30.2. The number of rotatable bonds is 8. The summed E-state index contributed by atoms with van der Waals surface area (Å²) in [6.07, 6.45) is -16.8. The Morgan fingerprint density at radius 3 is 0.734 bits per heavy atom. The quantitative estimate of drug-likeness (QED) is 0.105. The van der Waals surface area contributed by atoms with E-state index in [0.29, 0.717) is 33.5 Å². The molecule has 8 aromatic rings. The van der Waals surface area contributed by atoms with Crippen LogP contribution in [-0.4, -0.2) is 0 Å².